The highest BCUT2D eigenvalue weighted by atomic mass is 16.3. The van der Waals surface area contributed by atoms with Gasteiger partial charge in [-0.3, -0.25) is 4.98 Å². The first-order valence-corrected chi connectivity index (χ1v) is 17.1. The molecule has 0 atom stereocenters. The minimum atomic E-state index is 0.908. The van der Waals surface area contributed by atoms with Crippen LogP contribution < -0.4 is 0 Å². The van der Waals surface area contributed by atoms with Crippen molar-refractivity contribution in [1.29, 1.82) is 0 Å². The zero-order valence-corrected chi connectivity index (χ0v) is 27.3. The molecule has 0 saturated heterocycles. The number of benzene rings is 7. The highest BCUT2D eigenvalue weighted by Crippen LogP contribution is 2.42. The summed E-state index contributed by atoms with van der Waals surface area (Å²) in [4.78, 5) is 4.32. The lowest BCUT2D eigenvalue weighted by atomic mass is 9.94. The maximum atomic E-state index is 6.26. The van der Waals surface area contributed by atoms with E-state index in [1.165, 1.54) is 72.3 Å². The molecule has 0 radical (unpaired) electrons. The Morgan fingerprint density at radius 1 is 0.360 bits per heavy atom. The number of furan rings is 1. The fourth-order valence-corrected chi connectivity index (χ4v) is 7.58. The second kappa shape index (κ2) is 11.6. The summed E-state index contributed by atoms with van der Waals surface area (Å²) in [5.74, 6) is 0. The lowest BCUT2D eigenvalue weighted by Gasteiger charge is -2.10. The first-order chi connectivity index (χ1) is 24.7. The summed E-state index contributed by atoms with van der Waals surface area (Å²) in [5.41, 5.74) is 19.2. The summed E-state index contributed by atoms with van der Waals surface area (Å²) in [6.07, 6.45) is 4.71. The van der Waals surface area contributed by atoms with Crippen LogP contribution in [0.1, 0.15) is 11.1 Å². The molecule has 0 unspecified atom stereocenters. The Hall–Kier alpha value is -6.51. The molecule has 2 aromatic heterocycles. The van der Waals surface area contributed by atoms with Crippen molar-refractivity contribution in [3.05, 3.63) is 187 Å². The van der Waals surface area contributed by atoms with Crippen LogP contribution in [0, 0.1) is 0 Å². The topological polar surface area (TPSA) is 26.0 Å². The summed E-state index contributed by atoms with van der Waals surface area (Å²) >= 11 is 0. The van der Waals surface area contributed by atoms with E-state index in [4.69, 9.17) is 4.42 Å². The third kappa shape index (κ3) is 4.93. The number of fused-ring (bicyclic) bond motifs is 6. The highest BCUT2D eigenvalue weighted by Gasteiger charge is 2.20. The van der Waals surface area contributed by atoms with Crippen molar-refractivity contribution < 1.29 is 4.42 Å². The van der Waals surface area contributed by atoms with E-state index in [1.54, 1.807) is 0 Å². The molecule has 0 N–H and O–H groups in total. The minimum Gasteiger partial charge on any atom is -0.456 e. The number of nitrogens with zero attached hydrogens (tertiary/aromatic N) is 1. The van der Waals surface area contributed by atoms with Crippen LogP contribution in [0.3, 0.4) is 0 Å². The number of aromatic nitrogens is 1. The summed E-state index contributed by atoms with van der Waals surface area (Å²) in [6, 6.07) is 59.3. The molecule has 7 aromatic carbocycles. The molecular formula is C48H31NO. The van der Waals surface area contributed by atoms with E-state index in [0.29, 0.717) is 0 Å². The average molecular weight is 638 g/mol. The molecule has 0 amide bonds. The van der Waals surface area contributed by atoms with Crippen molar-refractivity contribution in [2.75, 3.05) is 0 Å². The van der Waals surface area contributed by atoms with Crippen molar-refractivity contribution in [2.24, 2.45) is 0 Å². The molecule has 9 aromatic rings. The highest BCUT2D eigenvalue weighted by molar-refractivity contribution is 6.07. The van der Waals surface area contributed by atoms with Gasteiger partial charge in [0.1, 0.15) is 11.2 Å². The van der Waals surface area contributed by atoms with Crippen molar-refractivity contribution in [1.82, 2.24) is 4.98 Å². The number of hydrogen-bond donors (Lipinski definition) is 0. The van der Waals surface area contributed by atoms with E-state index in [2.05, 4.69) is 163 Å². The molecular weight excluding hydrogens is 607 g/mol. The fourth-order valence-electron chi connectivity index (χ4n) is 7.58. The maximum Gasteiger partial charge on any atom is 0.135 e. The number of pyridine rings is 1. The van der Waals surface area contributed by atoms with Gasteiger partial charge in [-0.2, -0.15) is 0 Å². The van der Waals surface area contributed by atoms with Crippen LogP contribution in [-0.4, -0.2) is 4.98 Å². The van der Waals surface area contributed by atoms with Crippen LogP contribution in [0.15, 0.2) is 181 Å². The van der Waals surface area contributed by atoms with E-state index in [-0.39, 0.29) is 0 Å². The van der Waals surface area contributed by atoms with Gasteiger partial charge in [0.25, 0.3) is 0 Å². The van der Waals surface area contributed by atoms with Gasteiger partial charge in [0.15, 0.2) is 0 Å². The van der Waals surface area contributed by atoms with Gasteiger partial charge in [0.2, 0.25) is 0 Å². The third-order valence-corrected chi connectivity index (χ3v) is 10.2. The second-order valence-electron chi connectivity index (χ2n) is 13.2. The molecule has 2 heteroatoms. The molecule has 10 rings (SSSR count). The van der Waals surface area contributed by atoms with E-state index in [9.17, 15) is 0 Å². The summed E-state index contributed by atoms with van der Waals surface area (Å²) in [5, 5.41) is 2.27. The normalized spacial score (nSPS) is 11.9. The molecule has 2 heterocycles. The van der Waals surface area contributed by atoms with E-state index in [0.717, 1.165) is 33.9 Å². The Morgan fingerprint density at radius 2 is 0.820 bits per heavy atom. The van der Waals surface area contributed by atoms with Crippen LogP contribution in [0.4, 0.5) is 0 Å². The van der Waals surface area contributed by atoms with Crippen molar-refractivity contribution in [2.45, 2.75) is 6.42 Å². The summed E-state index contributed by atoms with van der Waals surface area (Å²) in [6.45, 7) is 0. The quantitative estimate of drug-likeness (QED) is 0.188. The molecule has 1 aliphatic rings. The molecule has 2 nitrogen and oxygen atoms in total. The Bertz CT molecular complexity index is 2720. The van der Waals surface area contributed by atoms with Crippen LogP contribution >= 0.6 is 0 Å². The first-order valence-electron chi connectivity index (χ1n) is 17.1. The van der Waals surface area contributed by atoms with Crippen LogP contribution in [0.5, 0.6) is 0 Å². The van der Waals surface area contributed by atoms with Gasteiger partial charge in [-0.15, -0.1) is 0 Å². The minimum absolute atomic E-state index is 0.908. The summed E-state index contributed by atoms with van der Waals surface area (Å²) in [7, 11) is 0. The van der Waals surface area contributed by atoms with Crippen molar-refractivity contribution >= 4 is 21.9 Å². The predicted octanol–water partition coefficient (Wildman–Crippen LogP) is 12.9. The number of hydrogen-bond acceptors (Lipinski definition) is 2. The monoisotopic (exact) mass is 637 g/mol. The van der Waals surface area contributed by atoms with Crippen LogP contribution in [-0.2, 0) is 6.42 Å². The predicted molar refractivity (Wildman–Crippen MR) is 207 cm³/mol. The largest absolute Gasteiger partial charge is 0.456 e. The number of rotatable bonds is 5. The van der Waals surface area contributed by atoms with E-state index < -0.39 is 0 Å². The third-order valence-electron chi connectivity index (χ3n) is 10.2. The van der Waals surface area contributed by atoms with Gasteiger partial charge in [-0.05, 0) is 133 Å². The Morgan fingerprint density at radius 3 is 1.38 bits per heavy atom. The van der Waals surface area contributed by atoms with Gasteiger partial charge < -0.3 is 4.42 Å². The van der Waals surface area contributed by atoms with Gasteiger partial charge in [-0.25, -0.2) is 0 Å². The zero-order valence-electron chi connectivity index (χ0n) is 27.3. The zero-order chi connectivity index (χ0) is 33.0. The second-order valence-corrected chi connectivity index (χ2v) is 13.2. The Kier molecular flexibility index (Phi) is 6.60. The van der Waals surface area contributed by atoms with E-state index in [1.807, 2.05) is 18.5 Å². The lowest BCUT2D eigenvalue weighted by molar-refractivity contribution is 0.669. The fraction of sp³-hybridized carbons (Fsp3) is 0.0208. The Labute approximate surface area is 291 Å². The molecule has 1 aliphatic carbocycles. The van der Waals surface area contributed by atoms with Gasteiger partial charge in [-0.1, -0.05) is 109 Å². The SMILES string of the molecule is c1ccc(-c2ccc3oc4ccc(-c5cccc(-c6ccc7c(c6)-c6cc(-c8cccc(-c9cccnc9)c8)ccc6C7)c5)cc4c3c2)cc1. The first kappa shape index (κ1) is 28.5. The molecule has 0 saturated carbocycles. The van der Waals surface area contributed by atoms with Gasteiger partial charge in [0, 0.05) is 28.7 Å². The van der Waals surface area contributed by atoms with E-state index >= 15 is 0 Å². The van der Waals surface area contributed by atoms with Gasteiger partial charge in [0.05, 0.1) is 0 Å². The van der Waals surface area contributed by atoms with Crippen molar-refractivity contribution in [3.8, 4) is 66.8 Å². The maximum absolute atomic E-state index is 6.26. The molecule has 234 valence electrons. The molecule has 0 bridgehead atoms. The molecule has 50 heavy (non-hydrogen) atoms. The van der Waals surface area contributed by atoms with Crippen LogP contribution in [0.25, 0.3) is 88.7 Å². The molecule has 0 aliphatic heterocycles. The Balaban J connectivity index is 0.997. The molecule has 0 fully saturated rings. The van der Waals surface area contributed by atoms with Crippen molar-refractivity contribution in [3.63, 3.8) is 0 Å². The molecule has 0 spiro atoms. The standard InChI is InChI=1S/C48H31NO/c1-2-7-31(8-3-1)36-18-20-47-45(28-36)46-29-39(19-21-48(46)50-47)33-10-4-9-32(23-33)37-14-16-40-25-41-17-15-38(27-44(41)43(40)26-37)34-11-5-12-35(24-34)42-13-6-22-49-30-42/h1-24,26-30H,25H2. The average Bonchev–Trinajstić information content (AvgIpc) is 3.75. The van der Waals surface area contributed by atoms with Crippen LogP contribution in [0.2, 0.25) is 0 Å². The smallest absolute Gasteiger partial charge is 0.135 e. The van der Waals surface area contributed by atoms with Gasteiger partial charge >= 0.3 is 0 Å². The summed E-state index contributed by atoms with van der Waals surface area (Å²) < 4.78 is 6.26. The lowest BCUT2D eigenvalue weighted by Crippen LogP contribution is -1.86.